The van der Waals surface area contributed by atoms with Crippen molar-refractivity contribution in [2.24, 2.45) is 0 Å². The van der Waals surface area contributed by atoms with E-state index < -0.39 is 27.7 Å². The lowest BCUT2D eigenvalue weighted by atomic mass is 10.1. The summed E-state index contributed by atoms with van der Waals surface area (Å²) < 4.78 is 64.8. The molecule has 1 N–H and O–H groups in total. The summed E-state index contributed by atoms with van der Waals surface area (Å²) in [5, 5.41) is 2.61. The van der Waals surface area contributed by atoms with Gasteiger partial charge in [0.2, 0.25) is 10.0 Å². The molecule has 9 heteroatoms. The minimum Gasteiger partial charge on any atom is -0.348 e. The van der Waals surface area contributed by atoms with E-state index in [1.807, 2.05) is 32.0 Å². The van der Waals surface area contributed by atoms with Crippen molar-refractivity contribution in [1.29, 1.82) is 0 Å². The van der Waals surface area contributed by atoms with E-state index >= 15 is 0 Å². The number of nitrogens with zero attached hydrogens (tertiary/aromatic N) is 1. The first-order valence-electron chi connectivity index (χ1n) is 10.4. The van der Waals surface area contributed by atoms with Crippen LogP contribution in [-0.4, -0.2) is 20.6 Å². The molecule has 0 atom stereocenters. The van der Waals surface area contributed by atoms with Crippen LogP contribution < -0.4 is 9.62 Å². The molecule has 1 amide bonds. The van der Waals surface area contributed by atoms with Crippen LogP contribution in [0.3, 0.4) is 0 Å². The smallest absolute Gasteiger partial charge is 0.348 e. The van der Waals surface area contributed by atoms with E-state index in [1.165, 1.54) is 16.4 Å². The SMILES string of the molecule is Cc1ccc(C)c(N(Cc2ccc(C(=O)NCc3cccc(C(F)(F)F)c3)cc2)S(C)(=O)=O)c1. The van der Waals surface area contributed by atoms with E-state index in [9.17, 15) is 26.4 Å². The van der Waals surface area contributed by atoms with Crippen molar-refractivity contribution in [1.82, 2.24) is 5.32 Å². The Morgan fingerprint density at radius 3 is 2.24 bits per heavy atom. The predicted molar refractivity (Wildman–Crippen MR) is 126 cm³/mol. The summed E-state index contributed by atoms with van der Waals surface area (Å²) in [4.78, 5) is 12.5. The highest BCUT2D eigenvalue weighted by Gasteiger charge is 2.30. The van der Waals surface area contributed by atoms with Crippen LogP contribution in [0.25, 0.3) is 0 Å². The highest BCUT2D eigenvalue weighted by molar-refractivity contribution is 7.92. The van der Waals surface area contributed by atoms with Crippen molar-refractivity contribution in [3.8, 4) is 0 Å². The van der Waals surface area contributed by atoms with E-state index in [0.717, 1.165) is 29.5 Å². The highest BCUT2D eigenvalue weighted by Crippen LogP contribution is 2.29. The van der Waals surface area contributed by atoms with Gasteiger partial charge in [-0.05, 0) is 66.4 Å². The predicted octanol–water partition coefficient (Wildman–Crippen LogP) is 5.22. The molecule has 3 aromatic carbocycles. The molecular formula is C25H25F3N2O3S. The maximum Gasteiger partial charge on any atom is 0.416 e. The third-order valence-electron chi connectivity index (χ3n) is 5.28. The normalized spacial score (nSPS) is 11.8. The Morgan fingerprint density at radius 1 is 0.941 bits per heavy atom. The standard InChI is InChI=1S/C25H25F3N2O3S/c1-17-7-8-18(2)23(13-17)30(34(3,32)33)16-19-9-11-21(12-10-19)24(31)29-15-20-5-4-6-22(14-20)25(26,27)28/h4-14H,15-16H2,1-3H3,(H,29,31). The topological polar surface area (TPSA) is 66.5 Å². The van der Waals surface area contributed by atoms with Gasteiger partial charge in [-0.25, -0.2) is 8.42 Å². The highest BCUT2D eigenvalue weighted by atomic mass is 32.2. The van der Waals surface area contributed by atoms with E-state index in [2.05, 4.69) is 5.32 Å². The molecule has 0 aliphatic carbocycles. The molecule has 0 aromatic heterocycles. The van der Waals surface area contributed by atoms with Gasteiger partial charge in [0.05, 0.1) is 24.1 Å². The summed E-state index contributed by atoms with van der Waals surface area (Å²) >= 11 is 0. The van der Waals surface area contributed by atoms with E-state index in [4.69, 9.17) is 0 Å². The Bertz CT molecular complexity index is 1290. The minimum absolute atomic E-state index is 0.0566. The Morgan fingerprint density at radius 2 is 1.62 bits per heavy atom. The number of nitrogens with one attached hydrogen (secondary N) is 1. The average Bonchev–Trinajstić information content (AvgIpc) is 2.77. The van der Waals surface area contributed by atoms with Crippen LogP contribution in [0, 0.1) is 13.8 Å². The fourth-order valence-corrected chi connectivity index (χ4v) is 4.38. The Balaban J connectivity index is 1.71. The fraction of sp³-hybridized carbons (Fsp3) is 0.240. The molecule has 0 aliphatic rings. The van der Waals surface area contributed by atoms with E-state index in [0.29, 0.717) is 22.4 Å². The second-order valence-electron chi connectivity index (χ2n) is 8.14. The number of anilines is 1. The lowest BCUT2D eigenvalue weighted by Gasteiger charge is -2.25. The molecule has 180 valence electrons. The van der Waals surface area contributed by atoms with Crippen molar-refractivity contribution in [3.63, 3.8) is 0 Å². The third-order valence-corrected chi connectivity index (χ3v) is 6.41. The van der Waals surface area contributed by atoms with Crippen LogP contribution in [0.15, 0.2) is 66.7 Å². The molecule has 0 fully saturated rings. The molecule has 0 spiro atoms. The van der Waals surface area contributed by atoms with Crippen LogP contribution in [0.4, 0.5) is 18.9 Å². The number of amides is 1. The fourth-order valence-electron chi connectivity index (χ4n) is 3.44. The van der Waals surface area contributed by atoms with Crippen LogP contribution in [-0.2, 0) is 29.3 Å². The zero-order valence-electron chi connectivity index (χ0n) is 19.0. The Kier molecular flexibility index (Phi) is 7.35. The van der Waals surface area contributed by atoms with Gasteiger partial charge in [-0.2, -0.15) is 13.2 Å². The Hall–Kier alpha value is -3.33. The summed E-state index contributed by atoms with van der Waals surface area (Å²) in [6, 6.07) is 16.8. The number of sulfonamides is 1. The number of halogens is 3. The molecular weight excluding hydrogens is 465 g/mol. The monoisotopic (exact) mass is 490 g/mol. The molecule has 0 saturated heterocycles. The maximum atomic E-state index is 12.9. The number of carbonyl (C=O) groups excluding carboxylic acids is 1. The van der Waals surface area contributed by atoms with E-state index in [1.54, 1.807) is 24.3 Å². The molecule has 3 aromatic rings. The summed E-state index contributed by atoms with van der Waals surface area (Å²) in [5.74, 6) is -0.446. The lowest BCUT2D eigenvalue weighted by Crippen LogP contribution is -2.30. The first kappa shape index (κ1) is 25.3. The first-order chi connectivity index (χ1) is 15.8. The summed E-state index contributed by atoms with van der Waals surface area (Å²) in [7, 11) is -3.56. The lowest BCUT2D eigenvalue weighted by molar-refractivity contribution is -0.137. The van der Waals surface area contributed by atoms with Crippen molar-refractivity contribution in [3.05, 3.63) is 100 Å². The molecule has 0 aliphatic heterocycles. The summed E-state index contributed by atoms with van der Waals surface area (Å²) in [5.41, 5.74) is 2.89. The molecule has 3 rings (SSSR count). The largest absolute Gasteiger partial charge is 0.416 e. The van der Waals surface area contributed by atoms with Gasteiger partial charge in [0, 0.05) is 12.1 Å². The van der Waals surface area contributed by atoms with Crippen molar-refractivity contribution >= 4 is 21.6 Å². The van der Waals surface area contributed by atoms with Gasteiger partial charge in [0.15, 0.2) is 0 Å². The number of rotatable bonds is 7. The van der Waals surface area contributed by atoms with E-state index in [-0.39, 0.29) is 13.1 Å². The zero-order chi connectivity index (χ0) is 25.1. The van der Waals surface area contributed by atoms with Gasteiger partial charge in [0.25, 0.3) is 5.91 Å². The molecule has 0 saturated carbocycles. The number of hydrogen-bond donors (Lipinski definition) is 1. The minimum atomic E-state index is -4.45. The van der Waals surface area contributed by atoms with Crippen molar-refractivity contribution in [2.75, 3.05) is 10.6 Å². The Labute approximate surface area is 197 Å². The van der Waals surface area contributed by atoms with Crippen molar-refractivity contribution < 1.29 is 26.4 Å². The number of aryl methyl sites for hydroxylation is 2. The second-order valence-corrected chi connectivity index (χ2v) is 10.0. The zero-order valence-corrected chi connectivity index (χ0v) is 19.8. The molecule has 0 unspecified atom stereocenters. The van der Waals surface area contributed by atoms with Crippen molar-refractivity contribution in [2.45, 2.75) is 33.1 Å². The quantitative estimate of drug-likeness (QED) is 0.494. The van der Waals surface area contributed by atoms with Crippen LogP contribution in [0.1, 0.15) is 38.2 Å². The number of carbonyl (C=O) groups is 1. The summed E-state index contributed by atoms with van der Waals surface area (Å²) in [6.07, 6.45) is -3.31. The number of hydrogen-bond acceptors (Lipinski definition) is 3. The first-order valence-corrected chi connectivity index (χ1v) is 12.3. The molecule has 0 bridgehead atoms. The van der Waals surface area contributed by atoms with Gasteiger partial charge in [-0.3, -0.25) is 9.10 Å². The van der Waals surface area contributed by atoms with Gasteiger partial charge in [-0.15, -0.1) is 0 Å². The molecule has 0 heterocycles. The maximum absolute atomic E-state index is 12.9. The second kappa shape index (κ2) is 9.89. The van der Waals surface area contributed by atoms with Gasteiger partial charge in [-0.1, -0.05) is 36.4 Å². The van der Waals surface area contributed by atoms with Gasteiger partial charge in [0.1, 0.15) is 0 Å². The third kappa shape index (κ3) is 6.38. The number of benzene rings is 3. The molecule has 5 nitrogen and oxygen atoms in total. The van der Waals surface area contributed by atoms with Crippen LogP contribution in [0.2, 0.25) is 0 Å². The van der Waals surface area contributed by atoms with Crippen LogP contribution in [0.5, 0.6) is 0 Å². The summed E-state index contributed by atoms with van der Waals surface area (Å²) in [6.45, 7) is 3.76. The van der Waals surface area contributed by atoms with Gasteiger partial charge >= 0.3 is 6.18 Å². The van der Waals surface area contributed by atoms with Crippen LogP contribution >= 0.6 is 0 Å². The average molecular weight is 491 g/mol. The van der Waals surface area contributed by atoms with Gasteiger partial charge < -0.3 is 5.32 Å². The number of alkyl halides is 3. The molecule has 0 radical (unpaired) electrons. The molecule has 34 heavy (non-hydrogen) atoms.